The molecule has 0 radical (unpaired) electrons. The molecule has 1 saturated carbocycles. The number of pyridine rings is 1. The van der Waals surface area contributed by atoms with Gasteiger partial charge in [-0.2, -0.15) is 4.98 Å². The number of anilines is 1. The highest BCUT2D eigenvalue weighted by atomic mass is 19.1. The predicted octanol–water partition coefficient (Wildman–Crippen LogP) is 3.52. The number of halogens is 1. The van der Waals surface area contributed by atoms with Crippen molar-refractivity contribution in [2.45, 2.75) is 38.1 Å². The molecule has 2 aliphatic rings. The normalized spacial score (nSPS) is 19.7. The second-order valence-corrected chi connectivity index (χ2v) is 8.01. The molecule has 6 nitrogen and oxygen atoms in total. The molecular weight excluding hydrogens is 371 g/mol. The van der Waals surface area contributed by atoms with E-state index in [2.05, 4.69) is 9.97 Å². The summed E-state index contributed by atoms with van der Waals surface area (Å²) < 4.78 is 20.1. The van der Waals surface area contributed by atoms with Gasteiger partial charge in [-0.3, -0.25) is 4.79 Å². The molecule has 29 heavy (non-hydrogen) atoms. The number of aromatic nitrogens is 2. The minimum absolute atomic E-state index is 0.00908. The van der Waals surface area contributed by atoms with Gasteiger partial charge in [0.1, 0.15) is 5.82 Å². The van der Waals surface area contributed by atoms with E-state index >= 15 is 0 Å². The van der Waals surface area contributed by atoms with Crippen molar-refractivity contribution >= 4 is 23.2 Å². The molecule has 3 heterocycles. The number of benzene rings is 1. The van der Waals surface area contributed by atoms with Gasteiger partial charge in [-0.05, 0) is 55.0 Å². The molecule has 1 aliphatic heterocycles. The monoisotopic (exact) mass is 394 g/mol. The summed E-state index contributed by atoms with van der Waals surface area (Å²) in [6.07, 6.45) is 4.03. The average molecular weight is 394 g/mol. The van der Waals surface area contributed by atoms with Gasteiger partial charge in [0.25, 0.3) is 6.01 Å². The van der Waals surface area contributed by atoms with Gasteiger partial charge in [-0.25, -0.2) is 9.37 Å². The Kier molecular flexibility index (Phi) is 4.45. The Morgan fingerprint density at radius 2 is 2.14 bits per heavy atom. The van der Waals surface area contributed by atoms with Crippen LogP contribution in [-0.2, 0) is 11.2 Å². The first-order valence-corrected chi connectivity index (χ1v) is 10.1. The third-order valence-electron chi connectivity index (χ3n) is 5.81. The minimum Gasteiger partial charge on any atom is -0.422 e. The lowest BCUT2D eigenvalue weighted by atomic mass is 10.0. The van der Waals surface area contributed by atoms with Gasteiger partial charge < -0.3 is 14.2 Å². The van der Waals surface area contributed by atoms with Gasteiger partial charge in [-0.15, -0.1) is 0 Å². The fourth-order valence-corrected chi connectivity index (χ4v) is 4.08. The Morgan fingerprint density at radius 3 is 2.86 bits per heavy atom. The summed E-state index contributed by atoms with van der Waals surface area (Å²) in [6, 6.07) is 9.47. The van der Waals surface area contributed by atoms with Crippen LogP contribution in [0, 0.1) is 5.82 Å². The zero-order valence-electron chi connectivity index (χ0n) is 16.3. The van der Waals surface area contributed by atoms with Crippen molar-refractivity contribution in [1.29, 1.82) is 0 Å². The first-order valence-electron chi connectivity index (χ1n) is 10.1. The molecule has 1 atom stereocenters. The zero-order chi connectivity index (χ0) is 20.0. The van der Waals surface area contributed by atoms with Crippen LogP contribution >= 0.6 is 0 Å². The zero-order valence-corrected chi connectivity index (χ0v) is 16.3. The predicted molar refractivity (Wildman–Crippen MR) is 107 cm³/mol. The highest BCUT2D eigenvalue weighted by Gasteiger charge is 2.30. The lowest BCUT2D eigenvalue weighted by molar-refractivity contribution is -0.132. The molecule has 7 heteroatoms. The third-order valence-corrected chi connectivity index (χ3v) is 5.81. The summed E-state index contributed by atoms with van der Waals surface area (Å²) in [5, 5.41) is 0. The lowest BCUT2D eigenvalue weighted by Gasteiger charge is -2.39. The minimum atomic E-state index is -0.180. The molecule has 2 fully saturated rings. The van der Waals surface area contributed by atoms with Crippen LogP contribution in [0.1, 0.15) is 36.8 Å². The number of hydrogen-bond donors (Lipinski definition) is 0. The Balaban J connectivity index is 1.24. The molecule has 150 valence electrons. The van der Waals surface area contributed by atoms with E-state index in [1.807, 2.05) is 41.0 Å². The number of rotatable bonds is 4. The second-order valence-electron chi connectivity index (χ2n) is 8.01. The maximum absolute atomic E-state index is 14.3. The lowest BCUT2D eigenvalue weighted by Crippen LogP contribution is -2.54. The van der Waals surface area contributed by atoms with Crippen molar-refractivity contribution in [2.24, 2.45) is 0 Å². The molecule has 0 bridgehead atoms. The molecule has 1 aromatic carbocycles. The van der Waals surface area contributed by atoms with Crippen LogP contribution < -0.4 is 4.90 Å². The van der Waals surface area contributed by atoms with Crippen molar-refractivity contribution in [3.63, 3.8) is 0 Å². The van der Waals surface area contributed by atoms with Crippen LogP contribution in [0.3, 0.4) is 0 Å². The highest BCUT2D eigenvalue weighted by Crippen LogP contribution is 2.41. The van der Waals surface area contributed by atoms with E-state index in [1.54, 1.807) is 6.20 Å². The van der Waals surface area contributed by atoms with Crippen LogP contribution in [0.25, 0.3) is 11.2 Å². The van der Waals surface area contributed by atoms with Gasteiger partial charge in [0.05, 0.1) is 6.42 Å². The molecule has 1 saturated heterocycles. The van der Waals surface area contributed by atoms with Crippen molar-refractivity contribution < 1.29 is 13.6 Å². The quantitative estimate of drug-likeness (QED) is 0.678. The number of hydrogen-bond acceptors (Lipinski definition) is 5. The Morgan fingerprint density at radius 1 is 1.28 bits per heavy atom. The second kappa shape index (κ2) is 7.13. The van der Waals surface area contributed by atoms with E-state index in [0.29, 0.717) is 42.8 Å². The standard InChI is InChI=1S/C22H23FN4O2/c1-14-13-26(22-25-21-19(29-22)3-2-8-24-21)9-10-27(14)20(28)12-15-4-7-17(16-5-6-16)18(23)11-15/h2-4,7-8,11,14,16H,5-6,9-10,12-13H2,1H3. The van der Waals surface area contributed by atoms with Gasteiger partial charge in [0.2, 0.25) is 11.6 Å². The van der Waals surface area contributed by atoms with E-state index in [9.17, 15) is 9.18 Å². The van der Waals surface area contributed by atoms with Crippen LogP contribution in [0.4, 0.5) is 10.4 Å². The fraction of sp³-hybridized carbons (Fsp3) is 0.409. The number of carbonyl (C=O) groups is 1. The molecule has 1 aliphatic carbocycles. The number of oxazole rings is 1. The van der Waals surface area contributed by atoms with E-state index in [0.717, 1.165) is 24.0 Å². The number of nitrogens with zero attached hydrogens (tertiary/aromatic N) is 4. The number of carbonyl (C=O) groups excluding carboxylic acids is 1. The first kappa shape index (κ1) is 18.1. The Labute approximate surface area is 168 Å². The van der Waals surface area contributed by atoms with E-state index < -0.39 is 0 Å². The highest BCUT2D eigenvalue weighted by molar-refractivity contribution is 5.79. The van der Waals surface area contributed by atoms with Crippen LogP contribution in [0.5, 0.6) is 0 Å². The number of fused-ring (bicyclic) bond motifs is 1. The van der Waals surface area contributed by atoms with Crippen molar-refractivity contribution in [3.8, 4) is 0 Å². The maximum atomic E-state index is 14.3. The molecule has 1 unspecified atom stereocenters. The smallest absolute Gasteiger partial charge is 0.300 e. The summed E-state index contributed by atoms with van der Waals surface area (Å²) in [5.74, 6) is 0.213. The molecule has 1 amide bonds. The van der Waals surface area contributed by atoms with E-state index in [4.69, 9.17) is 4.42 Å². The van der Waals surface area contributed by atoms with Gasteiger partial charge in [0.15, 0.2) is 5.58 Å². The third kappa shape index (κ3) is 3.57. The fourth-order valence-electron chi connectivity index (χ4n) is 4.08. The van der Waals surface area contributed by atoms with E-state index in [-0.39, 0.29) is 24.2 Å². The van der Waals surface area contributed by atoms with Crippen molar-refractivity contribution in [1.82, 2.24) is 14.9 Å². The van der Waals surface area contributed by atoms with Gasteiger partial charge >= 0.3 is 0 Å². The topological polar surface area (TPSA) is 62.5 Å². The van der Waals surface area contributed by atoms with Crippen LogP contribution in [0.15, 0.2) is 40.9 Å². The molecule has 5 rings (SSSR count). The average Bonchev–Trinajstić information content (AvgIpc) is 3.45. The summed E-state index contributed by atoms with van der Waals surface area (Å²) in [5.41, 5.74) is 2.77. The molecule has 2 aromatic heterocycles. The summed E-state index contributed by atoms with van der Waals surface area (Å²) in [4.78, 5) is 25.4. The summed E-state index contributed by atoms with van der Waals surface area (Å²) in [6.45, 7) is 3.86. The van der Waals surface area contributed by atoms with Crippen LogP contribution in [0.2, 0.25) is 0 Å². The Bertz CT molecular complexity index is 1030. The molecule has 0 spiro atoms. The Hall–Kier alpha value is -2.96. The van der Waals surface area contributed by atoms with Gasteiger partial charge in [-0.1, -0.05) is 12.1 Å². The summed E-state index contributed by atoms with van der Waals surface area (Å²) >= 11 is 0. The van der Waals surface area contributed by atoms with Gasteiger partial charge in [0, 0.05) is 31.9 Å². The SMILES string of the molecule is CC1CN(c2nc3ncccc3o2)CCN1C(=O)Cc1ccc(C2CC2)c(F)c1. The van der Waals surface area contributed by atoms with E-state index in [1.165, 1.54) is 6.07 Å². The van der Waals surface area contributed by atoms with Crippen molar-refractivity contribution in [2.75, 3.05) is 24.5 Å². The summed E-state index contributed by atoms with van der Waals surface area (Å²) in [7, 11) is 0. The van der Waals surface area contributed by atoms with Crippen molar-refractivity contribution in [3.05, 3.63) is 53.5 Å². The molecular formula is C22H23FN4O2. The molecule has 3 aromatic rings. The largest absolute Gasteiger partial charge is 0.422 e. The number of amides is 1. The molecule has 0 N–H and O–H groups in total. The first-order chi connectivity index (χ1) is 14.1. The number of piperazine rings is 1. The maximum Gasteiger partial charge on any atom is 0.300 e. The van der Waals surface area contributed by atoms with Crippen LogP contribution in [-0.4, -0.2) is 46.5 Å².